The van der Waals surface area contributed by atoms with Gasteiger partial charge in [0, 0.05) is 36.4 Å². The molecule has 2 rings (SSSR count). The van der Waals surface area contributed by atoms with E-state index in [4.69, 9.17) is 4.74 Å². The van der Waals surface area contributed by atoms with Crippen molar-refractivity contribution in [3.63, 3.8) is 0 Å². The molecule has 144 valence electrons. The van der Waals surface area contributed by atoms with Gasteiger partial charge in [-0.2, -0.15) is 0 Å². The molecule has 0 aliphatic carbocycles. The van der Waals surface area contributed by atoms with Crippen LogP contribution in [0.15, 0.2) is 28.7 Å². The molecule has 5 nitrogen and oxygen atoms in total. The van der Waals surface area contributed by atoms with Crippen LogP contribution in [0, 0.1) is 5.92 Å². The quantitative estimate of drug-likeness (QED) is 0.646. The Balaban J connectivity index is 1.59. The van der Waals surface area contributed by atoms with Gasteiger partial charge >= 0.3 is 0 Å². The topological polar surface area (TPSA) is 58.6 Å². The van der Waals surface area contributed by atoms with Crippen molar-refractivity contribution in [2.45, 2.75) is 52.0 Å². The Morgan fingerprint density at radius 2 is 2.04 bits per heavy atom. The van der Waals surface area contributed by atoms with Crippen LogP contribution in [0.4, 0.5) is 0 Å². The summed E-state index contributed by atoms with van der Waals surface area (Å²) in [5.41, 5.74) is 0. The van der Waals surface area contributed by atoms with Gasteiger partial charge in [0.25, 0.3) is 0 Å². The number of carbonyl (C=O) groups excluding carboxylic acids is 2. The smallest absolute Gasteiger partial charge is 0.222 e. The first-order valence-electron chi connectivity index (χ1n) is 9.39. The van der Waals surface area contributed by atoms with Crippen LogP contribution in [-0.2, 0) is 9.59 Å². The van der Waals surface area contributed by atoms with Crippen LogP contribution in [0.3, 0.4) is 0 Å². The molecular formula is C20H29BrN2O3. The van der Waals surface area contributed by atoms with Crippen molar-refractivity contribution in [2.75, 3.05) is 19.7 Å². The average Bonchev–Trinajstić information content (AvgIpc) is 2.59. The Morgan fingerprint density at radius 3 is 2.69 bits per heavy atom. The molecule has 0 bridgehead atoms. The van der Waals surface area contributed by atoms with E-state index in [0.29, 0.717) is 31.8 Å². The predicted octanol–water partition coefficient (Wildman–Crippen LogP) is 3.76. The van der Waals surface area contributed by atoms with Gasteiger partial charge in [0.15, 0.2) is 0 Å². The van der Waals surface area contributed by atoms with Crippen LogP contribution in [-0.4, -0.2) is 42.5 Å². The van der Waals surface area contributed by atoms with Gasteiger partial charge in [-0.25, -0.2) is 0 Å². The molecule has 0 spiro atoms. The SMILES string of the molecule is CC(C)CC(=O)N1CCC(NC(=O)CCCOc2cccc(Br)c2)CC1. The van der Waals surface area contributed by atoms with E-state index < -0.39 is 0 Å². The first-order valence-corrected chi connectivity index (χ1v) is 10.2. The summed E-state index contributed by atoms with van der Waals surface area (Å²) in [5.74, 6) is 1.49. The summed E-state index contributed by atoms with van der Waals surface area (Å²) in [5, 5.41) is 3.09. The molecule has 6 heteroatoms. The molecule has 1 saturated heterocycles. The number of hydrogen-bond acceptors (Lipinski definition) is 3. The molecule has 0 radical (unpaired) electrons. The van der Waals surface area contributed by atoms with Gasteiger partial charge in [-0.05, 0) is 43.4 Å². The molecule has 1 aliphatic rings. The van der Waals surface area contributed by atoms with E-state index in [1.165, 1.54) is 0 Å². The van der Waals surface area contributed by atoms with Crippen molar-refractivity contribution in [3.05, 3.63) is 28.7 Å². The fourth-order valence-electron chi connectivity index (χ4n) is 3.03. The van der Waals surface area contributed by atoms with Crippen LogP contribution in [0.5, 0.6) is 5.75 Å². The molecule has 1 N–H and O–H groups in total. The minimum atomic E-state index is 0.0646. The molecule has 0 atom stereocenters. The third-order valence-corrected chi connectivity index (χ3v) is 4.90. The minimum Gasteiger partial charge on any atom is -0.494 e. The highest BCUT2D eigenvalue weighted by Crippen LogP contribution is 2.18. The van der Waals surface area contributed by atoms with Crippen molar-refractivity contribution < 1.29 is 14.3 Å². The Morgan fingerprint density at radius 1 is 1.31 bits per heavy atom. The first-order chi connectivity index (χ1) is 12.4. The number of amides is 2. The van der Waals surface area contributed by atoms with Crippen LogP contribution in [0.2, 0.25) is 0 Å². The van der Waals surface area contributed by atoms with Crippen molar-refractivity contribution in [2.24, 2.45) is 5.92 Å². The molecule has 0 saturated carbocycles. The van der Waals surface area contributed by atoms with Gasteiger partial charge in [-0.3, -0.25) is 9.59 Å². The minimum absolute atomic E-state index is 0.0646. The predicted molar refractivity (Wildman–Crippen MR) is 106 cm³/mol. The Bertz CT molecular complexity index is 598. The molecule has 1 aliphatic heterocycles. The number of hydrogen-bond donors (Lipinski definition) is 1. The zero-order chi connectivity index (χ0) is 18.9. The summed E-state index contributed by atoms with van der Waals surface area (Å²) >= 11 is 3.41. The highest BCUT2D eigenvalue weighted by Gasteiger charge is 2.23. The van der Waals surface area contributed by atoms with Crippen LogP contribution in [0.1, 0.15) is 46.0 Å². The van der Waals surface area contributed by atoms with Gasteiger partial charge < -0.3 is 15.0 Å². The van der Waals surface area contributed by atoms with Crippen LogP contribution < -0.4 is 10.1 Å². The van der Waals surface area contributed by atoms with Gasteiger partial charge in [-0.1, -0.05) is 35.8 Å². The summed E-state index contributed by atoms with van der Waals surface area (Å²) in [4.78, 5) is 26.1. The Kier molecular flexibility index (Phi) is 8.42. The molecule has 1 aromatic carbocycles. The summed E-state index contributed by atoms with van der Waals surface area (Å²) in [6.45, 7) is 6.12. The summed E-state index contributed by atoms with van der Waals surface area (Å²) < 4.78 is 6.62. The number of piperidine rings is 1. The van der Waals surface area contributed by atoms with E-state index in [9.17, 15) is 9.59 Å². The first kappa shape index (κ1) is 20.7. The van der Waals surface area contributed by atoms with Crippen molar-refractivity contribution >= 4 is 27.7 Å². The van der Waals surface area contributed by atoms with E-state index >= 15 is 0 Å². The molecule has 1 fully saturated rings. The van der Waals surface area contributed by atoms with E-state index in [2.05, 4.69) is 35.1 Å². The largest absolute Gasteiger partial charge is 0.494 e. The van der Waals surface area contributed by atoms with E-state index in [-0.39, 0.29) is 17.9 Å². The monoisotopic (exact) mass is 424 g/mol. The lowest BCUT2D eigenvalue weighted by Crippen LogP contribution is -2.46. The van der Waals surface area contributed by atoms with Crippen molar-refractivity contribution in [3.8, 4) is 5.75 Å². The lowest BCUT2D eigenvalue weighted by Gasteiger charge is -2.32. The zero-order valence-electron chi connectivity index (χ0n) is 15.7. The second-order valence-electron chi connectivity index (χ2n) is 7.23. The van der Waals surface area contributed by atoms with Gasteiger partial charge in [0.2, 0.25) is 11.8 Å². The lowest BCUT2D eigenvalue weighted by atomic mass is 10.0. The summed E-state index contributed by atoms with van der Waals surface area (Å²) in [6.07, 6.45) is 3.42. The number of likely N-dealkylation sites (tertiary alicyclic amines) is 1. The number of nitrogens with one attached hydrogen (secondary N) is 1. The van der Waals surface area contributed by atoms with Crippen LogP contribution >= 0.6 is 15.9 Å². The molecular weight excluding hydrogens is 396 g/mol. The van der Waals surface area contributed by atoms with Gasteiger partial charge in [-0.15, -0.1) is 0 Å². The zero-order valence-corrected chi connectivity index (χ0v) is 17.3. The van der Waals surface area contributed by atoms with Crippen molar-refractivity contribution in [1.82, 2.24) is 10.2 Å². The lowest BCUT2D eigenvalue weighted by molar-refractivity contribution is -0.133. The number of nitrogens with zero attached hydrogens (tertiary/aromatic N) is 1. The van der Waals surface area contributed by atoms with E-state index in [1.54, 1.807) is 0 Å². The molecule has 26 heavy (non-hydrogen) atoms. The van der Waals surface area contributed by atoms with E-state index in [0.717, 1.165) is 36.2 Å². The number of benzene rings is 1. The average molecular weight is 425 g/mol. The molecule has 1 heterocycles. The second kappa shape index (κ2) is 10.6. The number of carbonyl (C=O) groups is 2. The third kappa shape index (κ3) is 7.36. The van der Waals surface area contributed by atoms with Gasteiger partial charge in [0.05, 0.1) is 6.61 Å². The van der Waals surface area contributed by atoms with Crippen molar-refractivity contribution in [1.29, 1.82) is 0 Å². The normalized spacial score (nSPS) is 15.2. The highest BCUT2D eigenvalue weighted by molar-refractivity contribution is 9.10. The van der Waals surface area contributed by atoms with Crippen LogP contribution in [0.25, 0.3) is 0 Å². The third-order valence-electron chi connectivity index (χ3n) is 4.41. The maximum absolute atomic E-state index is 12.1. The number of rotatable bonds is 8. The fourth-order valence-corrected chi connectivity index (χ4v) is 3.41. The summed E-state index contributed by atoms with van der Waals surface area (Å²) in [6, 6.07) is 7.86. The molecule has 1 aromatic rings. The fraction of sp³-hybridized carbons (Fsp3) is 0.600. The molecule has 0 unspecified atom stereocenters. The highest BCUT2D eigenvalue weighted by atomic mass is 79.9. The second-order valence-corrected chi connectivity index (χ2v) is 8.15. The molecule has 0 aromatic heterocycles. The van der Waals surface area contributed by atoms with Gasteiger partial charge in [0.1, 0.15) is 5.75 Å². The standard InChI is InChI=1S/C20H29BrN2O3/c1-15(2)13-20(25)23-10-8-17(9-11-23)22-19(24)7-4-12-26-18-6-3-5-16(21)14-18/h3,5-6,14-15,17H,4,7-13H2,1-2H3,(H,22,24). The number of halogens is 1. The Labute approximate surface area is 164 Å². The summed E-state index contributed by atoms with van der Waals surface area (Å²) in [7, 11) is 0. The number of ether oxygens (including phenoxy) is 1. The maximum atomic E-state index is 12.1. The Hall–Kier alpha value is -1.56. The maximum Gasteiger partial charge on any atom is 0.222 e. The molecule has 2 amide bonds. The van der Waals surface area contributed by atoms with E-state index in [1.807, 2.05) is 29.2 Å².